The first-order valence-corrected chi connectivity index (χ1v) is 13.0. The molecule has 0 radical (unpaired) electrons. The maximum atomic E-state index is 13.3. The van der Waals surface area contributed by atoms with Crippen molar-refractivity contribution < 1.29 is 28.6 Å². The lowest BCUT2D eigenvalue weighted by Gasteiger charge is -2.11. The molecule has 1 amide bonds. The average molecular weight is 573 g/mol. The van der Waals surface area contributed by atoms with Crippen molar-refractivity contribution in [3.8, 4) is 34.4 Å². The SMILES string of the molecule is COc1cc(C(=O)Oc2ccccc2C=NNC(=O)c2[nH]c3c(C#N)cccc3c2-c2ccccc2)ccc1OC(C)=O. The van der Waals surface area contributed by atoms with E-state index in [1.54, 1.807) is 36.4 Å². The van der Waals surface area contributed by atoms with Crippen LogP contribution in [0, 0.1) is 11.3 Å². The lowest BCUT2D eigenvalue weighted by Crippen LogP contribution is -2.19. The number of carbonyl (C=O) groups is 3. The van der Waals surface area contributed by atoms with Gasteiger partial charge < -0.3 is 19.2 Å². The number of aromatic amines is 1. The highest BCUT2D eigenvalue weighted by Crippen LogP contribution is 2.34. The lowest BCUT2D eigenvalue weighted by molar-refractivity contribution is -0.132. The summed E-state index contributed by atoms with van der Waals surface area (Å²) in [5, 5.41) is 14.4. The number of aromatic nitrogens is 1. The summed E-state index contributed by atoms with van der Waals surface area (Å²) in [6.07, 6.45) is 1.36. The molecule has 0 spiro atoms. The van der Waals surface area contributed by atoms with Gasteiger partial charge in [-0.25, -0.2) is 10.2 Å². The van der Waals surface area contributed by atoms with E-state index in [1.165, 1.54) is 38.4 Å². The summed E-state index contributed by atoms with van der Waals surface area (Å²) in [6.45, 7) is 1.26. The van der Waals surface area contributed by atoms with Crippen LogP contribution in [0.5, 0.6) is 17.2 Å². The molecule has 0 aliphatic rings. The third-order valence-corrected chi connectivity index (χ3v) is 6.39. The zero-order valence-corrected chi connectivity index (χ0v) is 23.1. The number of ether oxygens (including phenoxy) is 3. The van der Waals surface area contributed by atoms with Crippen LogP contribution >= 0.6 is 0 Å². The topological polar surface area (TPSA) is 143 Å². The normalized spacial score (nSPS) is 10.7. The van der Waals surface area contributed by atoms with Gasteiger partial charge in [0.1, 0.15) is 17.5 Å². The van der Waals surface area contributed by atoms with Gasteiger partial charge in [0.05, 0.1) is 30.0 Å². The highest BCUT2D eigenvalue weighted by atomic mass is 16.6. The first-order valence-electron chi connectivity index (χ1n) is 13.0. The van der Waals surface area contributed by atoms with Gasteiger partial charge in [-0.15, -0.1) is 0 Å². The molecule has 0 saturated carbocycles. The molecule has 212 valence electrons. The summed E-state index contributed by atoms with van der Waals surface area (Å²) in [4.78, 5) is 40.7. The largest absolute Gasteiger partial charge is 0.493 e. The van der Waals surface area contributed by atoms with Crippen LogP contribution in [0.2, 0.25) is 0 Å². The number of carbonyl (C=O) groups excluding carboxylic acids is 3. The molecule has 2 N–H and O–H groups in total. The minimum atomic E-state index is -0.684. The van der Waals surface area contributed by atoms with Crippen molar-refractivity contribution in [2.24, 2.45) is 5.10 Å². The third-order valence-electron chi connectivity index (χ3n) is 6.39. The van der Waals surface area contributed by atoms with Crippen molar-refractivity contribution >= 4 is 35.0 Å². The monoisotopic (exact) mass is 572 g/mol. The molecule has 4 aromatic carbocycles. The van der Waals surface area contributed by atoms with Crippen molar-refractivity contribution in [3.63, 3.8) is 0 Å². The van der Waals surface area contributed by atoms with E-state index in [0.29, 0.717) is 22.2 Å². The standard InChI is InChI=1S/C33H24N4O6/c1-20(38)42-27-16-15-22(17-28(27)41-2)33(40)43-26-14-7-6-11-24(26)19-35-37-32(39)31-29(21-9-4-3-5-10-21)25-13-8-12-23(18-34)30(25)36-31/h3-17,19,36H,1-2H3,(H,37,39). The number of hydrogen-bond donors (Lipinski definition) is 2. The molecule has 0 aliphatic heterocycles. The molecular weight excluding hydrogens is 548 g/mol. The molecule has 1 heterocycles. The maximum absolute atomic E-state index is 13.3. The number of para-hydroxylation sites is 2. The molecule has 0 unspecified atom stereocenters. The Labute approximate surface area is 246 Å². The molecule has 0 bridgehead atoms. The smallest absolute Gasteiger partial charge is 0.343 e. The predicted molar refractivity (Wildman–Crippen MR) is 159 cm³/mol. The zero-order chi connectivity index (χ0) is 30.3. The Balaban J connectivity index is 1.37. The number of hydrazone groups is 1. The first-order chi connectivity index (χ1) is 20.9. The van der Waals surface area contributed by atoms with Gasteiger partial charge in [-0.1, -0.05) is 54.6 Å². The molecule has 0 aliphatic carbocycles. The molecule has 5 rings (SSSR count). The third kappa shape index (κ3) is 6.11. The number of esters is 2. The summed E-state index contributed by atoms with van der Waals surface area (Å²) in [6, 6.07) is 27.8. The second kappa shape index (κ2) is 12.5. The van der Waals surface area contributed by atoms with Gasteiger partial charge in [0.2, 0.25) is 0 Å². The number of benzene rings is 4. The van der Waals surface area contributed by atoms with Crippen LogP contribution in [0.25, 0.3) is 22.0 Å². The molecule has 1 aromatic heterocycles. The highest BCUT2D eigenvalue weighted by Gasteiger charge is 2.21. The predicted octanol–water partition coefficient (Wildman–Crippen LogP) is 5.62. The van der Waals surface area contributed by atoms with E-state index in [2.05, 4.69) is 21.6 Å². The molecule has 0 saturated heterocycles. The van der Waals surface area contributed by atoms with E-state index in [0.717, 1.165) is 10.9 Å². The van der Waals surface area contributed by atoms with E-state index in [4.69, 9.17) is 14.2 Å². The van der Waals surface area contributed by atoms with Gasteiger partial charge in [-0.05, 0) is 42.0 Å². The minimum Gasteiger partial charge on any atom is -0.493 e. The molecule has 10 heteroatoms. The molecule has 5 aromatic rings. The fourth-order valence-electron chi connectivity index (χ4n) is 4.47. The van der Waals surface area contributed by atoms with Crippen molar-refractivity contribution in [1.29, 1.82) is 5.26 Å². The fraction of sp³-hybridized carbons (Fsp3) is 0.0606. The van der Waals surface area contributed by atoms with Gasteiger partial charge in [-0.3, -0.25) is 9.59 Å². The first kappa shape index (κ1) is 28.3. The maximum Gasteiger partial charge on any atom is 0.343 e. The second-order valence-corrected chi connectivity index (χ2v) is 9.17. The van der Waals surface area contributed by atoms with Gasteiger partial charge in [0.25, 0.3) is 5.91 Å². The van der Waals surface area contributed by atoms with Crippen molar-refractivity contribution in [2.75, 3.05) is 7.11 Å². The number of H-pyrrole nitrogens is 1. The Kier molecular flexibility index (Phi) is 8.26. The van der Waals surface area contributed by atoms with Gasteiger partial charge >= 0.3 is 11.9 Å². The molecular formula is C33H24N4O6. The van der Waals surface area contributed by atoms with E-state index < -0.39 is 17.8 Å². The number of fused-ring (bicyclic) bond motifs is 1. The number of methoxy groups -OCH3 is 1. The zero-order valence-electron chi connectivity index (χ0n) is 23.1. The van der Waals surface area contributed by atoms with Gasteiger partial charge in [-0.2, -0.15) is 10.4 Å². The summed E-state index contributed by atoms with van der Waals surface area (Å²) in [5.74, 6) is -1.18. The quantitative estimate of drug-likeness (QED) is 0.106. The summed E-state index contributed by atoms with van der Waals surface area (Å²) >= 11 is 0. The van der Waals surface area contributed by atoms with Crippen LogP contribution in [0.4, 0.5) is 0 Å². The molecule has 0 fully saturated rings. The van der Waals surface area contributed by atoms with Crippen molar-refractivity contribution in [3.05, 3.63) is 113 Å². The second-order valence-electron chi connectivity index (χ2n) is 9.17. The van der Waals surface area contributed by atoms with E-state index in [-0.39, 0.29) is 28.5 Å². The number of rotatable bonds is 8. The number of hydrogen-bond acceptors (Lipinski definition) is 8. The molecule has 0 atom stereocenters. The summed E-state index contributed by atoms with van der Waals surface area (Å²) < 4.78 is 15.9. The Morgan fingerprint density at radius 3 is 2.40 bits per heavy atom. The van der Waals surface area contributed by atoms with Crippen molar-refractivity contribution in [2.45, 2.75) is 6.92 Å². The Hall–Kier alpha value is -6.21. The van der Waals surface area contributed by atoms with Gasteiger partial charge in [0, 0.05) is 23.4 Å². The Morgan fingerprint density at radius 2 is 1.65 bits per heavy atom. The molecule has 10 nitrogen and oxygen atoms in total. The minimum absolute atomic E-state index is 0.164. The van der Waals surface area contributed by atoms with Crippen LogP contribution < -0.4 is 19.6 Å². The van der Waals surface area contributed by atoms with Crippen LogP contribution in [0.3, 0.4) is 0 Å². The number of nitrogens with one attached hydrogen (secondary N) is 2. The van der Waals surface area contributed by atoms with Gasteiger partial charge in [0.15, 0.2) is 11.5 Å². The Morgan fingerprint density at radius 1 is 0.884 bits per heavy atom. The van der Waals surface area contributed by atoms with Crippen LogP contribution in [-0.4, -0.2) is 36.2 Å². The summed E-state index contributed by atoms with van der Waals surface area (Å²) in [7, 11) is 1.39. The van der Waals surface area contributed by atoms with E-state index >= 15 is 0 Å². The Bertz CT molecular complexity index is 1920. The van der Waals surface area contributed by atoms with Crippen LogP contribution in [0.15, 0.2) is 96.1 Å². The van der Waals surface area contributed by atoms with E-state index in [1.807, 2.05) is 36.4 Å². The lowest BCUT2D eigenvalue weighted by atomic mass is 10.0. The average Bonchev–Trinajstić information content (AvgIpc) is 3.42. The number of amides is 1. The van der Waals surface area contributed by atoms with E-state index in [9.17, 15) is 19.6 Å². The highest BCUT2D eigenvalue weighted by molar-refractivity contribution is 6.10. The molecule has 43 heavy (non-hydrogen) atoms. The summed E-state index contributed by atoms with van der Waals surface area (Å²) in [5.41, 5.74) is 5.75. The van der Waals surface area contributed by atoms with Crippen LogP contribution in [0.1, 0.15) is 38.9 Å². The fourth-order valence-corrected chi connectivity index (χ4v) is 4.47. The number of nitriles is 1. The number of nitrogens with zero attached hydrogens (tertiary/aromatic N) is 2. The van der Waals surface area contributed by atoms with Crippen molar-refractivity contribution in [1.82, 2.24) is 10.4 Å². The van der Waals surface area contributed by atoms with Crippen LogP contribution in [-0.2, 0) is 4.79 Å².